The first-order valence-electron chi connectivity index (χ1n) is 11.1. The lowest BCUT2D eigenvalue weighted by Crippen LogP contribution is -2.31. The Labute approximate surface area is 211 Å². The Morgan fingerprint density at radius 3 is 2.37 bits per heavy atom. The van der Waals surface area contributed by atoms with Crippen LogP contribution in [0.2, 0.25) is 0 Å². The van der Waals surface area contributed by atoms with Crippen LogP contribution in [0.5, 0.6) is 0 Å². The third kappa shape index (κ3) is 3.90. The molecular weight excluding hydrogens is 480 g/mol. The Kier molecular flexibility index (Phi) is 5.69. The van der Waals surface area contributed by atoms with Crippen LogP contribution in [0.1, 0.15) is 37.5 Å². The van der Waals surface area contributed by atoms with Crippen molar-refractivity contribution in [2.24, 2.45) is 0 Å². The van der Waals surface area contributed by atoms with Gasteiger partial charge in [0.25, 0.3) is 5.91 Å². The van der Waals surface area contributed by atoms with Crippen LogP contribution < -0.4 is 9.80 Å². The Bertz CT molecular complexity index is 1520. The summed E-state index contributed by atoms with van der Waals surface area (Å²) < 4.78 is 0.933. The maximum absolute atomic E-state index is 13.7. The van der Waals surface area contributed by atoms with Crippen molar-refractivity contribution in [1.82, 2.24) is 9.97 Å². The van der Waals surface area contributed by atoms with E-state index in [0.717, 1.165) is 26.5 Å². The van der Waals surface area contributed by atoms with Gasteiger partial charge in [-0.2, -0.15) is 0 Å². The van der Waals surface area contributed by atoms with Gasteiger partial charge in [-0.15, -0.1) is 11.3 Å². The Morgan fingerprint density at radius 2 is 1.74 bits per heavy atom. The molecule has 7 nitrogen and oxygen atoms in total. The number of Topliss-reactive ketones (excluding diaryl/α,β-unsaturated/α-hetero) is 1. The molecule has 1 N–H and O–H groups in total. The molecule has 1 aliphatic heterocycles. The van der Waals surface area contributed by atoms with Gasteiger partial charge in [0, 0.05) is 19.8 Å². The SMILES string of the molecule is Cc1ccc2nc(N3C(=O)C(O)=C(C(=O)c4sc(C)nc4C)C3c3ccc(N(C)C)cc3)sc2c1. The van der Waals surface area contributed by atoms with E-state index in [2.05, 4.69) is 9.97 Å². The number of aromatic nitrogens is 2. The number of ketones is 1. The van der Waals surface area contributed by atoms with E-state index < -0.39 is 17.7 Å². The number of hydrogen-bond acceptors (Lipinski definition) is 8. The Morgan fingerprint density at radius 1 is 1.03 bits per heavy atom. The highest BCUT2D eigenvalue weighted by atomic mass is 32.1. The molecule has 9 heteroatoms. The summed E-state index contributed by atoms with van der Waals surface area (Å²) in [5.41, 5.74) is 4.18. The molecule has 0 bridgehead atoms. The minimum absolute atomic E-state index is 0.0507. The zero-order valence-corrected chi connectivity index (χ0v) is 21.6. The number of aliphatic hydroxyl groups is 1. The fourth-order valence-electron chi connectivity index (χ4n) is 4.29. The second kappa shape index (κ2) is 8.58. The van der Waals surface area contributed by atoms with E-state index in [1.807, 2.05) is 75.3 Å². The molecule has 0 radical (unpaired) electrons. The van der Waals surface area contributed by atoms with Gasteiger partial charge in [0.05, 0.1) is 37.4 Å². The Balaban J connectivity index is 1.68. The zero-order valence-electron chi connectivity index (χ0n) is 20.0. The van der Waals surface area contributed by atoms with Crippen LogP contribution in [0.15, 0.2) is 53.8 Å². The number of hydrogen-bond donors (Lipinski definition) is 1. The highest BCUT2D eigenvalue weighted by Crippen LogP contribution is 2.45. The number of aryl methyl sites for hydroxylation is 3. The van der Waals surface area contributed by atoms with Crippen molar-refractivity contribution < 1.29 is 14.7 Å². The average molecular weight is 505 g/mol. The minimum Gasteiger partial charge on any atom is -0.503 e. The molecule has 1 atom stereocenters. The number of rotatable bonds is 5. The van der Waals surface area contributed by atoms with E-state index >= 15 is 0 Å². The van der Waals surface area contributed by atoms with Crippen molar-refractivity contribution >= 4 is 55.4 Å². The van der Waals surface area contributed by atoms with Gasteiger partial charge >= 0.3 is 0 Å². The molecular formula is C26H24N4O3S2. The number of anilines is 2. The molecule has 2 aromatic heterocycles. The van der Waals surface area contributed by atoms with Crippen molar-refractivity contribution in [3.63, 3.8) is 0 Å². The molecule has 0 aliphatic carbocycles. The van der Waals surface area contributed by atoms with Gasteiger partial charge in [0.1, 0.15) is 0 Å². The van der Waals surface area contributed by atoms with Crippen molar-refractivity contribution in [2.45, 2.75) is 26.8 Å². The van der Waals surface area contributed by atoms with Crippen LogP contribution >= 0.6 is 22.7 Å². The van der Waals surface area contributed by atoms with Crippen molar-refractivity contribution in [3.05, 3.63) is 80.5 Å². The molecule has 4 aromatic rings. The first kappa shape index (κ1) is 23.2. The number of amides is 1. The summed E-state index contributed by atoms with van der Waals surface area (Å²) in [6, 6.07) is 12.7. The summed E-state index contributed by atoms with van der Waals surface area (Å²) >= 11 is 2.63. The number of carbonyl (C=O) groups excluding carboxylic acids is 2. The number of aliphatic hydroxyl groups excluding tert-OH is 1. The van der Waals surface area contributed by atoms with Crippen molar-refractivity contribution in [3.8, 4) is 0 Å². The molecule has 0 fully saturated rings. The lowest BCUT2D eigenvalue weighted by molar-refractivity contribution is -0.117. The summed E-state index contributed by atoms with van der Waals surface area (Å²) in [6.45, 7) is 5.59. The van der Waals surface area contributed by atoms with E-state index in [0.29, 0.717) is 21.3 Å². The van der Waals surface area contributed by atoms with Gasteiger partial charge in [-0.3, -0.25) is 14.5 Å². The third-order valence-electron chi connectivity index (χ3n) is 6.03. The fraction of sp³-hybridized carbons (Fsp3) is 0.231. The summed E-state index contributed by atoms with van der Waals surface area (Å²) in [7, 11) is 3.89. The van der Waals surface area contributed by atoms with Gasteiger partial charge in [-0.25, -0.2) is 9.97 Å². The smallest absolute Gasteiger partial charge is 0.296 e. The summed E-state index contributed by atoms with van der Waals surface area (Å²) in [5, 5.41) is 12.2. The van der Waals surface area contributed by atoms with Crippen molar-refractivity contribution in [2.75, 3.05) is 23.9 Å². The maximum atomic E-state index is 13.7. The van der Waals surface area contributed by atoms with Crippen LogP contribution in [-0.2, 0) is 4.79 Å². The molecule has 3 heterocycles. The van der Waals surface area contributed by atoms with E-state index in [4.69, 9.17) is 0 Å². The van der Waals surface area contributed by atoms with Crippen LogP contribution in [0.25, 0.3) is 10.2 Å². The minimum atomic E-state index is -0.810. The standard InChI is InChI=1S/C26H24N4O3S2/c1-13-6-11-18-19(12-13)35-26(28-18)30-21(16-7-9-17(10-8-16)29(4)5)20(23(32)25(30)33)22(31)24-14(2)27-15(3)34-24/h6-12,21,32H,1-5H3. The molecule has 0 saturated heterocycles. The van der Waals surface area contributed by atoms with Gasteiger partial charge in [0.15, 0.2) is 10.9 Å². The summed E-state index contributed by atoms with van der Waals surface area (Å²) in [5.74, 6) is -1.57. The van der Waals surface area contributed by atoms with E-state index in [1.165, 1.54) is 27.6 Å². The highest BCUT2D eigenvalue weighted by Gasteiger charge is 2.46. The lowest BCUT2D eigenvalue weighted by atomic mass is 9.95. The fourth-order valence-corrected chi connectivity index (χ4v) is 6.26. The summed E-state index contributed by atoms with van der Waals surface area (Å²) in [6.07, 6.45) is 0. The monoisotopic (exact) mass is 504 g/mol. The molecule has 0 saturated carbocycles. The molecule has 1 aliphatic rings. The van der Waals surface area contributed by atoms with E-state index in [-0.39, 0.29) is 11.4 Å². The number of carbonyl (C=O) groups is 2. The second-order valence-corrected chi connectivity index (χ2v) is 11.0. The molecule has 178 valence electrons. The molecule has 1 amide bonds. The zero-order chi connectivity index (χ0) is 25.0. The number of nitrogens with zero attached hydrogens (tertiary/aromatic N) is 4. The van der Waals surface area contributed by atoms with Crippen LogP contribution in [-0.4, -0.2) is 40.9 Å². The van der Waals surface area contributed by atoms with Gasteiger partial charge in [-0.05, 0) is 56.2 Å². The quantitative estimate of drug-likeness (QED) is 0.360. The number of fused-ring (bicyclic) bond motifs is 1. The highest BCUT2D eigenvalue weighted by molar-refractivity contribution is 7.22. The third-order valence-corrected chi connectivity index (χ3v) is 8.12. The topological polar surface area (TPSA) is 86.6 Å². The predicted octanol–water partition coefficient (Wildman–Crippen LogP) is 5.53. The first-order chi connectivity index (χ1) is 16.7. The van der Waals surface area contributed by atoms with Crippen molar-refractivity contribution in [1.29, 1.82) is 0 Å². The molecule has 35 heavy (non-hydrogen) atoms. The van der Waals surface area contributed by atoms with Crippen LogP contribution in [0, 0.1) is 20.8 Å². The van der Waals surface area contributed by atoms with Crippen LogP contribution in [0.3, 0.4) is 0 Å². The summed E-state index contributed by atoms with van der Waals surface area (Å²) in [4.78, 5) is 40.1. The second-order valence-electron chi connectivity index (χ2n) is 8.77. The largest absolute Gasteiger partial charge is 0.503 e. The van der Waals surface area contributed by atoms with Gasteiger partial charge in [0.2, 0.25) is 5.78 Å². The molecule has 5 rings (SSSR count). The van der Waals surface area contributed by atoms with Crippen LogP contribution in [0.4, 0.5) is 10.8 Å². The lowest BCUT2D eigenvalue weighted by Gasteiger charge is -2.25. The van der Waals surface area contributed by atoms with Gasteiger partial charge in [-0.1, -0.05) is 29.5 Å². The Hall–Kier alpha value is -3.56. The molecule has 0 spiro atoms. The normalized spacial score (nSPS) is 16.0. The number of thiazole rings is 2. The first-order valence-corrected chi connectivity index (χ1v) is 12.7. The van der Waals surface area contributed by atoms with Gasteiger partial charge < -0.3 is 10.0 Å². The molecule has 1 unspecified atom stereocenters. The van der Waals surface area contributed by atoms with E-state index in [9.17, 15) is 14.7 Å². The average Bonchev–Trinajstić information content (AvgIpc) is 3.46. The van der Waals surface area contributed by atoms with E-state index in [1.54, 1.807) is 6.92 Å². The molecule has 2 aromatic carbocycles. The maximum Gasteiger partial charge on any atom is 0.296 e. The number of benzene rings is 2. The predicted molar refractivity (Wildman–Crippen MR) is 141 cm³/mol.